The number of hydrogen-bond donors (Lipinski definition) is 1. The summed E-state index contributed by atoms with van der Waals surface area (Å²) in [5, 5.41) is 6.04. The van der Waals surface area contributed by atoms with E-state index >= 15 is 0 Å². The Morgan fingerprint density at radius 3 is 2.60 bits per heavy atom. The molecule has 0 saturated heterocycles. The van der Waals surface area contributed by atoms with Crippen molar-refractivity contribution in [2.75, 3.05) is 6.54 Å². The van der Waals surface area contributed by atoms with Gasteiger partial charge in [0.15, 0.2) is 0 Å². The van der Waals surface area contributed by atoms with Gasteiger partial charge in [0, 0.05) is 23.7 Å². The van der Waals surface area contributed by atoms with E-state index in [4.69, 9.17) is 4.98 Å². The third kappa shape index (κ3) is 4.69. The van der Waals surface area contributed by atoms with E-state index in [0.717, 1.165) is 22.0 Å². The lowest BCUT2D eigenvalue weighted by molar-refractivity contribution is -0.121. The van der Waals surface area contributed by atoms with E-state index < -0.39 is 0 Å². The first-order valence-electron chi connectivity index (χ1n) is 10.1. The highest BCUT2D eigenvalue weighted by Crippen LogP contribution is 2.29. The molecule has 0 bridgehead atoms. The van der Waals surface area contributed by atoms with Crippen LogP contribution < -0.4 is 5.32 Å². The van der Waals surface area contributed by atoms with Gasteiger partial charge in [-0.3, -0.25) is 4.79 Å². The molecule has 1 amide bonds. The first kappa shape index (κ1) is 20.1. The predicted molar refractivity (Wildman–Crippen MR) is 124 cm³/mol. The predicted octanol–water partition coefficient (Wildman–Crippen LogP) is 5.51. The van der Waals surface area contributed by atoms with Gasteiger partial charge in [0.1, 0.15) is 11.6 Å². The summed E-state index contributed by atoms with van der Waals surface area (Å²) in [4.78, 5) is 17.3. The van der Waals surface area contributed by atoms with E-state index in [1.165, 1.54) is 11.1 Å². The van der Waals surface area contributed by atoms with Crippen molar-refractivity contribution in [2.45, 2.75) is 26.3 Å². The van der Waals surface area contributed by atoms with Crippen LogP contribution in [0.4, 0.5) is 0 Å². The number of hydrogen-bond acceptors (Lipinski definition) is 3. The maximum absolute atomic E-state index is 12.5. The SMILES string of the molecule is Cc1ccc(-c2csc(-c3cccn3CC(=O)NCC(C)c3ccccc3)n2)cc1. The van der Waals surface area contributed by atoms with Crippen molar-refractivity contribution in [3.63, 3.8) is 0 Å². The number of carbonyl (C=O) groups excluding carboxylic acids is 1. The number of carbonyl (C=O) groups is 1. The topological polar surface area (TPSA) is 46.9 Å². The molecule has 0 aliphatic carbocycles. The molecule has 1 atom stereocenters. The normalized spacial score (nSPS) is 11.9. The summed E-state index contributed by atoms with van der Waals surface area (Å²) in [6.45, 7) is 5.10. The van der Waals surface area contributed by atoms with Crippen molar-refractivity contribution in [1.82, 2.24) is 14.9 Å². The van der Waals surface area contributed by atoms with E-state index in [2.05, 4.69) is 60.9 Å². The summed E-state index contributed by atoms with van der Waals surface area (Å²) >= 11 is 1.60. The second-order valence-corrected chi connectivity index (χ2v) is 8.40. The third-order valence-corrected chi connectivity index (χ3v) is 6.05. The van der Waals surface area contributed by atoms with E-state index in [1.807, 2.05) is 41.1 Å². The summed E-state index contributed by atoms with van der Waals surface area (Å²) in [5.74, 6) is 0.279. The molecule has 5 heteroatoms. The van der Waals surface area contributed by atoms with Crippen LogP contribution >= 0.6 is 11.3 Å². The number of nitrogens with zero attached hydrogens (tertiary/aromatic N) is 2. The van der Waals surface area contributed by atoms with Gasteiger partial charge in [-0.2, -0.15) is 0 Å². The molecular weight excluding hydrogens is 390 g/mol. The number of rotatable bonds is 7. The van der Waals surface area contributed by atoms with Crippen LogP contribution in [-0.4, -0.2) is 22.0 Å². The summed E-state index contributed by atoms with van der Waals surface area (Å²) in [7, 11) is 0. The van der Waals surface area contributed by atoms with Crippen molar-refractivity contribution < 1.29 is 4.79 Å². The Kier molecular flexibility index (Phi) is 6.10. The van der Waals surface area contributed by atoms with Crippen molar-refractivity contribution in [3.8, 4) is 22.0 Å². The molecule has 30 heavy (non-hydrogen) atoms. The van der Waals surface area contributed by atoms with Crippen LogP contribution in [0.25, 0.3) is 22.0 Å². The van der Waals surface area contributed by atoms with Crippen LogP contribution in [0.15, 0.2) is 78.3 Å². The lowest BCUT2D eigenvalue weighted by Crippen LogP contribution is -2.30. The standard InChI is InChI=1S/C25H25N3OS/c1-18-10-12-21(13-11-18)22-17-30-25(27-22)23-9-6-14-28(23)16-24(29)26-15-19(2)20-7-4-3-5-8-20/h3-14,17,19H,15-16H2,1-2H3,(H,26,29). The number of amides is 1. The van der Waals surface area contributed by atoms with Gasteiger partial charge in [-0.15, -0.1) is 11.3 Å². The molecule has 0 aliphatic rings. The van der Waals surface area contributed by atoms with Gasteiger partial charge in [0.25, 0.3) is 0 Å². The van der Waals surface area contributed by atoms with Crippen LogP contribution in [0.1, 0.15) is 24.0 Å². The van der Waals surface area contributed by atoms with E-state index in [9.17, 15) is 4.79 Å². The maximum atomic E-state index is 12.5. The zero-order chi connectivity index (χ0) is 20.9. The Labute approximate surface area is 181 Å². The zero-order valence-electron chi connectivity index (χ0n) is 17.2. The molecule has 1 N–H and O–H groups in total. The molecule has 0 saturated carbocycles. The average Bonchev–Trinajstić information content (AvgIpc) is 3.42. The summed E-state index contributed by atoms with van der Waals surface area (Å²) in [6, 6.07) is 22.6. The molecule has 152 valence electrons. The van der Waals surface area contributed by atoms with Gasteiger partial charge in [-0.25, -0.2) is 4.98 Å². The molecular formula is C25H25N3OS. The number of thiazole rings is 1. The molecule has 4 rings (SSSR count). The van der Waals surface area contributed by atoms with Crippen LogP contribution in [0, 0.1) is 6.92 Å². The minimum atomic E-state index is 0.00513. The van der Waals surface area contributed by atoms with Crippen LogP contribution in [0.5, 0.6) is 0 Å². The lowest BCUT2D eigenvalue weighted by atomic mass is 10.0. The fourth-order valence-corrected chi connectivity index (χ4v) is 4.24. The van der Waals surface area contributed by atoms with E-state index in [1.54, 1.807) is 11.3 Å². The zero-order valence-corrected chi connectivity index (χ0v) is 18.0. The Morgan fingerprint density at radius 2 is 1.83 bits per heavy atom. The van der Waals surface area contributed by atoms with E-state index in [-0.39, 0.29) is 18.4 Å². The quantitative estimate of drug-likeness (QED) is 0.433. The fourth-order valence-electron chi connectivity index (χ4n) is 3.37. The molecule has 4 nitrogen and oxygen atoms in total. The van der Waals surface area contributed by atoms with Gasteiger partial charge in [0.05, 0.1) is 11.4 Å². The Hall–Kier alpha value is -3.18. The second-order valence-electron chi connectivity index (χ2n) is 7.54. The van der Waals surface area contributed by atoms with Gasteiger partial charge in [-0.1, -0.05) is 67.1 Å². The molecule has 0 fully saturated rings. The fraction of sp³-hybridized carbons (Fsp3) is 0.200. The summed E-state index contributed by atoms with van der Waals surface area (Å²) < 4.78 is 1.96. The Bertz CT molecular complexity index is 1110. The minimum absolute atomic E-state index is 0.00513. The van der Waals surface area contributed by atoms with Crippen LogP contribution in [0.3, 0.4) is 0 Å². The van der Waals surface area contributed by atoms with E-state index in [0.29, 0.717) is 6.54 Å². The summed E-state index contributed by atoms with van der Waals surface area (Å²) in [6.07, 6.45) is 1.93. The molecule has 2 aromatic carbocycles. The number of benzene rings is 2. The summed E-state index contributed by atoms with van der Waals surface area (Å²) in [5.41, 5.74) is 5.49. The first-order valence-corrected chi connectivity index (χ1v) is 11.0. The molecule has 2 heterocycles. The van der Waals surface area contributed by atoms with Gasteiger partial charge >= 0.3 is 0 Å². The number of aryl methyl sites for hydroxylation is 1. The molecule has 1 unspecified atom stereocenters. The Morgan fingerprint density at radius 1 is 1.07 bits per heavy atom. The van der Waals surface area contributed by atoms with Crippen molar-refractivity contribution in [3.05, 3.63) is 89.4 Å². The second kappa shape index (κ2) is 9.09. The smallest absolute Gasteiger partial charge is 0.239 e. The highest BCUT2D eigenvalue weighted by molar-refractivity contribution is 7.13. The van der Waals surface area contributed by atoms with Crippen molar-refractivity contribution >= 4 is 17.2 Å². The van der Waals surface area contributed by atoms with Crippen molar-refractivity contribution in [1.29, 1.82) is 0 Å². The molecule has 0 spiro atoms. The maximum Gasteiger partial charge on any atom is 0.239 e. The molecule has 0 radical (unpaired) electrons. The largest absolute Gasteiger partial charge is 0.354 e. The lowest BCUT2D eigenvalue weighted by Gasteiger charge is -2.14. The van der Waals surface area contributed by atoms with Gasteiger partial charge in [0.2, 0.25) is 5.91 Å². The Balaban J connectivity index is 1.41. The molecule has 2 aromatic heterocycles. The monoisotopic (exact) mass is 415 g/mol. The van der Waals surface area contributed by atoms with Gasteiger partial charge < -0.3 is 9.88 Å². The van der Waals surface area contributed by atoms with Crippen molar-refractivity contribution in [2.24, 2.45) is 0 Å². The molecule has 4 aromatic rings. The average molecular weight is 416 g/mol. The first-order chi connectivity index (χ1) is 14.6. The van der Waals surface area contributed by atoms with Crippen LogP contribution in [-0.2, 0) is 11.3 Å². The number of aromatic nitrogens is 2. The molecule has 0 aliphatic heterocycles. The number of nitrogens with one attached hydrogen (secondary N) is 1. The van der Waals surface area contributed by atoms with Crippen LogP contribution in [0.2, 0.25) is 0 Å². The highest BCUT2D eigenvalue weighted by Gasteiger charge is 2.13. The highest BCUT2D eigenvalue weighted by atomic mass is 32.1. The van der Waals surface area contributed by atoms with Gasteiger partial charge in [-0.05, 0) is 30.5 Å². The third-order valence-electron chi connectivity index (χ3n) is 5.19. The minimum Gasteiger partial charge on any atom is -0.354 e.